The van der Waals surface area contributed by atoms with Gasteiger partial charge in [0.1, 0.15) is 0 Å². The molecule has 0 spiro atoms. The number of piperidine rings is 1. The highest BCUT2D eigenvalue weighted by Crippen LogP contribution is 2.45. The number of H-pyrrole nitrogens is 1. The topological polar surface area (TPSA) is 106 Å². The molecule has 1 aliphatic heterocycles. The average molecular weight is 535 g/mol. The van der Waals surface area contributed by atoms with Crippen LogP contribution in [0.4, 0.5) is 5.69 Å². The molecular weight excluding hydrogens is 492 g/mol. The number of carbonyl (C=O) groups is 1. The van der Waals surface area contributed by atoms with Gasteiger partial charge in [0.15, 0.2) is 6.10 Å². The van der Waals surface area contributed by atoms with Crippen molar-refractivity contribution in [1.29, 1.82) is 0 Å². The summed E-state index contributed by atoms with van der Waals surface area (Å²) in [5.74, 6) is 0.139. The van der Waals surface area contributed by atoms with E-state index in [0.29, 0.717) is 5.82 Å². The summed E-state index contributed by atoms with van der Waals surface area (Å²) in [6.07, 6.45) is 0.913. The van der Waals surface area contributed by atoms with E-state index in [1.807, 2.05) is 60.6 Å². The number of aromatic amines is 1. The Bertz CT molecular complexity index is 1280. The number of pyridine rings is 1. The number of anilines is 1. The minimum absolute atomic E-state index is 0.262. The van der Waals surface area contributed by atoms with Crippen molar-refractivity contribution in [3.63, 3.8) is 0 Å². The summed E-state index contributed by atoms with van der Waals surface area (Å²) in [6.45, 7) is 20.0. The van der Waals surface area contributed by atoms with E-state index in [1.165, 1.54) is 0 Å². The van der Waals surface area contributed by atoms with E-state index in [1.54, 1.807) is 0 Å². The van der Waals surface area contributed by atoms with Crippen LogP contribution in [0.2, 0.25) is 0 Å². The predicted octanol–water partition coefficient (Wildman–Crippen LogP) is 5.98. The Labute approximate surface area is 231 Å². The van der Waals surface area contributed by atoms with Gasteiger partial charge in [-0.05, 0) is 77.5 Å². The van der Waals surface area contributed by atoms with Gasteiger partial charge in [0.25, 0.3) is 0 Å². The fourth-order valence-corrected chi connectivity index (χ4v) is 5.11. The van der Waals surface area contributed by atoms with Crippen molar-refractivity contribution in [2.45, 2.75) is 93.0 Å². The lowest BCUT2D eigenvalue weighted by Crippen LogP contribution is -2.39. The SMILES string of the molecule is Cc1nc(C)c([C@H](OC(C)(C)C)C(=O)OC(C)C)c(N2CCC(C)(C)CC2)c1-c1ccc(-c2nn[nH]n2)cc1. The molecule has 0 bridgehead atoms. The number of nitrogens with one attached hydrogen (secondary N) is 1. The zero-order valence-electron chi connectivity index (χ0n) is 24.8. The molecule has 0 unspecified atom stereocenters. The van der Waals surface area contributed by atoms with Crippen LogP contribution in [-0.2, 0) is 14.3 Å². The van der Waals surface area contributed by atoms with E-state index in [-0.39, 0.29) is 11.5 Å². The maximum atomic E-state index is 13.6. The van der Waals surface area contributed by atoms with E-state index < -0.39 is 17.7 Å². The van der Waals surface area contributed by atoms with Crippen molar-refractivity contribution >= 4 is 11.7 Å². The Balaban J connectivity index is 1.93. The Morgan fingerprint density at radius 1 is 1.03 bits per heavy atom. The Morgan fingerprint density at radius 3 is 2.18 bits per heavy atom. The van der Waals surface area contributed by atoms with Crippen molar-refractivity contribution in [1.82, 2.24) is 25.6 Å². The molecule has 1 N–H and O–H groups in total. The molecule has 4 rings (SSSR count). The lowest BCUT2D eigenvalue weighted by Gasteiger charge is -2.41. The number of aryl methyl sites for hydroxylation is 2. The first-order valence-corrected chi connectivity index (χ1v) is 13.7. The van der Waals surface area contributed by atoms with Crippen LogP contribution in [0.3, 0.4) is 0 Å². The molecule has 0 amide bonds. The summed E-state index contributed by atoms with van der Waals surface area (Å²) in [7, 11) is 0. The summed E-state index contributed by atoms with van der Waals surface area (Å²) < 4.78 is 12.2. The van der Waals surface area contributed by atoms with Gasteiger partial charge in [0.05, 0.1) is 17.4 Å². The summed E-state index contributed by atoms with van der Waals surface area (Å²) in [6, 6.07) is 8.08. The van der Waals surface area contributed by atoms with Gasteiger partial charge in [0, 0.05) is 41.2 Å². The van der Waals surface area contributed by atoms with E-state index in [2.05, 4.69) is 51.5 Å². The molecule has 1 fully saturated rings. The van der Waals surface area contributed by atoms with Gasteiger partial charge in [0.2, 0.25) is 5.82 Å². The number of hydrogen-bond donors (Lipinski definition) is 1. The second-order valence-electron chi connectivity index (χ2n) is 12.5. The third-order valence-electron chi connectivity index (χ3n) is 7.09. The quantitative estimate of drug-likeness (QED) is 0.369. The summed E-state index contributed by atoms with van der Waals surface area (Å²) in [5.41, 5.74) is 5.99. The Kier molecular flexibility index (Phi) is 8.12. The van der Waals surface area contributed by atoms with Crippen molar-refractivity contribution in [2.24, 2.45) is 5.41 Å². The lowest BCUT2D eigenvalue weighted by atomic mass is 9.81. The predicted molar refractivity (Wildman–Crippen MR) is 152 cm³/mol. The van der Waals surface area contributed by atoms with Crippen LogP contribution < -0.4 is 4.90 Å². The van der Waals surface area contributed by atoms with Crippen LogP contribution in [-0.4, -0.2) is 56.4 Å². The zero-order valence-corrected chi connectivity index (χ0v) is 24.8. The minimum Gasteiger partial charge on any atom is -0.461 e. The number of nitrogens with zero attached hydrogens (tertiary/aromatic N) is 5. The van der Waals surface area contributed by atoms with Crippen molar-refractivity contribution in [3.05, 3.63) is 41.2 Å². The molecule has 3 aromatic rings. The standard InChI is InChI=1S/C30H42N6O3/c1-18(2)38-28(37)26(39-29(5,6)7)24-20(4)31-19(3)23(25(24)36-16-14-30(8,9)15-17-36)21-10-12-22(13-11-21)27-32-34-35-33-27/h10-13,18,26H,14-17H2,1-9H3,(H,32,33,34,35)/t26-/m0/s1. The summed E-state index contributed by atoms with van der Waals surface area (Å²) in [4.78, 5) is 21.0. The Morgan fingerprint density at radius 2 is 1.64 bits per heavy atom. The van der Waals surface area contributed by atoms with Crippen LogP contribution >= 0.6 is 0 Å². The fraction of sp³-hybridized carbons (Fsp3) is 0.567. The number of carbonyl (C=O) groups excluding carboxylic acids is 1. The molecule has 1 aliphatic rings. The molecule has 1 saturated heterocycles. The molecule has 210 valence electrons. The first kappa shape index (κ1) is 28.7. The second kappa shape index (κ2) is 11.0. The van der Waals surface area contributed by atoms with E-state index in [0.717, 1.165) is 65.3 Å². The number of aromatic nitrogens is 5. The molecular formula is C30H42N6O3. The van der Waals surface area contributed by atoms with Crippen LogP contribution in [0.25, 0.3) is 22.5 Å². The molecule has 2 aromatic heterocycles. The van der Waals surface area contributed by atoms with Gasteiger partial charge < -0.3 is 14.4 Å². The van der Waals surface area contributed by atoms with Crippen molar-refractivity contribution in [3.8, 4) is 22.5 Å². The van der Waals surface area contributed by atoms with Crippen molar-refractivity contribution < 1.29 is 14.3 Å². The number of esters is 1. The summed E-state index contributed by atoms with van der Waals surface area (Å²) in [5, 5.41) is 14.4. The van der Waals surface area contributed by atoms with Gasteiger partial charge >= 0.3 is 5.97 Å². The van der Waals surface area contributed by atoms with Crippen LogP contribution in [0.1, 0.15) is 84.4 Å². The van der Waals surface area contributed by atoms with Gasteiger partial charge in [-0.15, -0.1) is 10.2 Å². The number of tetrazole rings is 1. The molecule has 0 radical (unpaired) electrons. The highest BCUT2D eigenvalue weighted by Gasteiger charge is 2.37. The molecule has 1 aromatic carbocycles. The molecule has 0 aliphatic carbocycles. The highest BCUT2D eigenvalue weighted by molar-refractivity contribution is 5.88. The van der Waals surface area contributed by atoms with Crippen LogP contribution in [0.5, 0.6) is 0 Å². The third kappa shape index (κ3) is 6.64. The van der Waals surface area contributed by atoms with Crippen molar-refractivity contribution in [2.75, 3.05) is 18.0 Å². The monoisotopic (exact) mass is 534 g/mol. The maximum Gasteiger partial charge on any atom is 0.340 e. The first-order valence-electron chi connectivity index (χ1n) is 13.7. The molecule has 9 nitrogen and oxygen atoms in total. The number of ether oxygens (including phenoxy) is 2. The fourth-order valence-electron chi connectivity index (χ4n) is 5.11. The molecule has 39 heavy (non-hydrogen) atoms. The molecule has 0 saturated carbocycles. The zero-order chi connectivity index (χ0) is 28.5. The smallest absolute Gasteiger partial charge is 0.340 e. The molecule has 9 heteroatoms. The number of benzene rings is 1. The molecule has 1 atom stereocenters. The van der Waals surface area contributed by atoms with Crippen LogP contribution in [0.15, 0.2) is 24.3 Å². The highest BCUT2D eigenvalue weighted by atomic mass is 16.6. The maximum absolute atomic E-state index is 13.6. The van der Waals surface area contributed by atoms with E-state index in [4.69, 9.17) is 14.5 Å². The normalized spacial score (nSPS) is 16.4. The molecule has 3 heterocycles. The van der Waals surface area contributed by atoms with Gasteiger partial charge in [-0.3, -0.25) is 4.98 Å². The van der Waals surface area contributed by atoms with Gasteiger partial charge in [-0.1, -0.05) is 38.1 Å². The second-order valence-corrected chi connectivity index (χ2v) is 12.5. The number of rotatable bonds is 7. The van der Waals surface area contributed by atoms with Crippen LogP contribution in [0, 0.1) is 19.3 Å². The van der Waals surface area contributed by atoms with Gasteiger partial charge in [-0.25, -0.2) is 4.79 Å². The largest absolute Gasteiger partial charge is 0.461 e. The van der Waals surface area contributed by atoms with E-state index >= 15 is 0 Å². The average Bonchev–Trinajstić information content (AvgIpc) is 3.37. The lowest BCUT2D eigenvalue weighted by molar-refractivity contribution is -0.171. The first-order chi connectivity index (χ1) is 18.3. The van der Waals surface area contributed by atoms with E-state index in [9.17, 15) is 4.79 Å². The third-order valence-corrected chi connectivity index (χ3v) is 7.09. The summed E-state index contributed by atoms with van der Waals surface area (Å²) >= 11 is 0. The van der Waals surface area contributed by atoms with Gasteiger partial charge in [-0.2, -0.15) is 5.21 Å². The number of hydrogen-bond acceptors (Lipinski definition) is 8. The minimum atomic E-state index is -0.914. The Hall–Kier alpha value is -3.33.